The van der Waals surface area contributed by atoms with E-state index in [1.807, 2.05) is 13.8 Å². The SMILES string of the molecule is C=C[C@@]1(C)CC(=O)[C@]2(O)[C@@]3(C)[C@@H](O)CCC(C)(C)[C@@H]3[C@H](OC(=O)COC(=O)C(C)(C)N)[C@H](OC(C)=O)[C@@]2(C)O1. The zero-order valence-corrected chi connectivity index (χ0v) is 24.2. The molecule has 1 aliphatic heterocycles. The zero-order valence-electron chi connectivity index (χ0n) is 24.2. The minimum Gasteiger partial charge on any atom is -0.455 e. The Morgan fingerprint density at radius 3 is 2.28 bits per heavy atom. The maximum Gasteiger partial charge on any atom is 0.344 e. The fourth-order valence-electron chi connectivity index (χ4n) is 7.24. The molecule has 2 saturated carbocycles. The van der Waals surface area contributed by atoms with E-state index in [1.165, 1.54) is 26.8 Å². The summed E-state index contributed by atoms with van der Waals surface area (Å²) < 4.78 is 23.1. The van der Waals surface area contributed by atoms with Crippen LogP contribution in [0.2, 0.25) is 0 Å². The fourth-order valence-corrected chi connectivity index (χ4v) is 7.24. The third kappa shape index (κ3) is 4.71. The second-order valence-electron chi connectivity index (χ2n) is 13.1. The molecule has 4 N–H and O–H groups in total. The van der Waals surface area contributed by atoms with Gasteiger partial charge in [0.2, 0.25) is 0 Å². The molecule has 11 nitrogen and oxygen atoms in total. The van der Waals surface area contributed by atoms with Gasteiger partial charge < -0.3 is 34.9 Å². The Bertz CT molecular complexity index is 1070. The third-order valence-corrected chi connectivity index (χ3v) is 9.11. The van der Waals surface area contributed by atoms with Crippen molar-refractivity contribution in [3.05, 3.63) is 12.7 Å². The maximum absolute atomic E-state index is 14.0. The van der Waals surface area contributed by atoms with Gasteiger partial charge in [-0.25, -0.2) is 4.79 Å². The lowest BCUT2D eigenvalue weighted by Crippen LogP contribution is -2.87. The van der Waals surface area contributed by atoms with Gasteiger partial charge >= 0.3 is 17.9 Å². The van der Waals surface area contributed by atoms with Crippen LogP contribution in [0.15, 0.2) is 12.7 Å². The monoisotopic (exact) mass is 553 g/mol. The molecule has 0 aromatic rings. The van der Waals surface area contributed by atoms with Crippen molar-refractivity contribution < 1.29 is 48.3 Å². The van der Waals surface area contributed by atoms with E-state index in [9.17, 15) is 29.4 Å². The van der Waals surface area contributed by atoms with Crippen molar-refractivity contribution in [3.8, 4) is 0 Å². The van der Waals surface area contributed by atoms with E-state index in [0.29, 0.717) is 6.42 Å². The maximum atomic E-state index is 14.0. The number of ketones is 1. The largest absolute Gasteiger partial charge is 0.455 e. The molecule has 0 bridgehead atoms. The van der Waals surface area contributed by atoms with Gasteiger partial charge in [-0.15, -0.1) is 6.58 Å². The number of rotatable bonds is 6. The molecule has 11 heteroatoms. The molecule has 3 aliphatic rings. The van der Waals surface area contributed by atoms with Crippen LogP contribution in [0.4, 0.5) is 0 Å². The Hall–Kier alpha value is -2.34. The Morgan fingerprint density at radius 2 is 1.77 bits per heavy atom. The summed E-state index contributed by atoms with van der Waals surface area (Å²) in [6.07, 6.45) is -2.07. The first-order valence-electron chi connectivity index (χ1n) is 13.2. The van der Waals surface area contributed by atoms with Crippen molar-refractivity contribution in [3.63, 3.8) is 0 Å². The fraction of sp³-hybridized carbons (Fsp3) is 0.786. The predicted octanol–water partition coefficient (Wildman–Crippen LogP) is 1.35. The number of ether oxygens (including phenoxy) is 4. The molecule has 0 amide bonds. The van der Waals surface area contributed by atoms with Gasteiger partial charge in [-0.1, -0.05) is 26.8 Å². The van der Waals surface area contributed by atoms with E-state index in [2.05, 4.69) is 6.58 Å². The van der Waals surface area contributed by atoms with Gasteiger partial charge in [-0.3, -0.25) is 14.4 Å². The number of aliphatic hydroxyl groups is 2. The number of fused-ring (bicyclic) bond motifs is 3. The van der Waals surface area contributed by atoms with Crippen molar-refractivity contribution in [2.45, 2.75) is 115 Å². The van der Waals surface area contributed by atoms with Crippen LogP contribution in [0.25, 0.3) is 0 Å². The van der Waals surface area contributed by atoms with Crippen molar-refractivity contribution in [1.29, 1.82) is 0 Å². The van der Waals surface area contributed by atoms with Gasteiger partial charge in [0.05, 0.1) is 11.7 Å². The second-order valence-corrected chi connectivity index (χ2v) is 13.1. The lowest BCUT2D eigenvalue weighted by molar-refractivity contribution is -0.371. The molecule has 220 valence electrons. The zero-order chi connectivity index (χ0) is 30.0. The van der Waals surface area contributed by atoms with E-state index in [1.54, 1.807) is 13.8 Å². The summed E-state index contributed by atoms with van der Waals surface area (Å²) in [7, 11) is 0. The molecular weight excluding hydrogens is 510 g/mol. The first-order valence-corrected chi connectivity index (χ1v) is 13.2. The average Bonchev–Trinajstić information content (AvgIpc) is 2.79. The Kier molecular flexibility index (Phi) is 7.71. The Balaban J connectivity index is 2.22. The molecule has 39 heavy (non-hydrogen) atoms. The van der Waals surface area contributed by atoms with E-state index >= 15 is 0 Å². The first-order chi connectivity index (χ1) is 17.6. The molecule has 0 spiro atoms. The minimum atomic E-state index is -2.34. The number of hydrogen-bond acceptors (Lipinski definition) is 11. The average molecular weight is 554 g/mol. The lowest BCUT2D eigenvalue weighted by atomic mass is 9.39. The summed E-state index contributed by atoms with van der Waals surface area (Å²) in [4.78, 5) is 51.7. The van der Waals surface area contributed by atoms with Gasteiger partial charge in [0, 0.05) is 24.7 Å². The van der Waals surface area contributed by atoms with E-state index in [4.69, 9.17) is 24.7 Å². The Labute approximate surface area is 229 Å². The van der Waals surface area contributed by atoms with Gasteiger partial charge in [0.15, 0.2) is 24.1 Å². The Morgan fingerprint density at radius 1 is 1.18 bits per heavy atom. The lowest BCUT2D eigenvalue weighted by Gasteiger charge is -2.71. The van der Waals surface area contributed by atoms with Crippen LogP contribution in [0.1, 0.15) is 74.7 Å². The molecule has 0 aromatic carbocycles. The second kappa shape index (κ2) is 9.64. The number of nitrogens with two attached hydrogens (primary N) is 1. The molecule has 0 unspecified atom stereocenters. The normalized spacial score (nSPS) is 41.5. The van der Waals surface area contributed by atoms with Crippen LogP contribution in [-0.2, 0) is 38.1 Å². The third-order valence-electron chi connectivity index (χ3n) is 9.11. The number of aliphatic hydroxyl groups excluding tert-OH is 1. The number of carbonyl (C=O) groups is 4. The number of Topliss-reactive ketones (excluding diaryl/α,β-unsaturated/α-hetero) is 1. The molecule has 1 heterocycles. The molecule has 3 fully saturated rings. The van der Waals surface area contributed by atoms with Crippen LogP contribution in [0, 0.1) is 16.7 Å². The first kappa shape index (κ1) is 31.2. The molecule has 0 aromatic heterocycles. The van der Waals surface area contributed by atoms with Crippen LogP contribution in [-0.4, -0.2) is 81.2 Å². The molecule has 1 saturated heterocycles. The predicted molar refractivity (Wildman–Crippen MR) is 138 cm³/mol. The highest BCUT2D eigenvalue weighted by atomic mass is 16.6. The standard InChI is InChI=1S/C28H43NO10/c1-10-25(7)13-17(32)28(35)26(8)16(31)11-12-23(3,4)20(26)19(21(37-15(2)30)27(28,9)39-25)38-18(33)14-36-22(34)24(5,6)29/h10,16,19-21,31,35H,1,11-14,29H2,2-9H3/t16-,19-,20-,21-,25-,26-,27+,28-/m0/s1. The van der Waals surface area contributed by atoms with Gasteiger partial charge in [0.1, 0.15) is 17.2 Å². The number of carbonyl (C=O) groups excluding carboxylic acids is 4. The van der Waals surface area contributed by atoms with E-state index < -0.39 is 87.7 Å². The highest BCUT2D eigenvalue weighted by Crippen LogP contribution is 2.67. The van der Waals surface area contributed by atoms with Crippen molar-refractivity contribution in [2.75, 3.05) is 6.61 Å². The summed E-state index contributed by atoms with van der Waals surface area (Å²) >= 11 is 0. The summed E-state index contributed by atoms with van der Waals surface area (Å²) in [5, 5.41) is 24.0. The van der Waals surface area contributed by atoms with Crippen LogP contribution in [0.5, 0.6) is 0 Å². The molecule has 8 atom stereocenters. The van der Waals surface area contributed by atoms with Gasteiger partial charge in [0.25, 0.3) is 0 Å². The van der Waals surface area contributed by atoms with E-state index in [0.717, 1.165) is 6.92 Å². The van der Waals surface area contributed by atoms with Crippen LogP contribution in [0.3, 0.4) is 0 Å². The number of hydrogen-bond donors (Lipinski definition) is 3. The van der Waals surface area contributed by atoms with Gasteiger partial charge in [-0.2, -0.15) is 0 Å². The van der Waals surface area contributed by atoms with Crippen molar-refractivity contribution >= 4 is 23.7 Å². The van der Waals surface area contributed by atoms with Crippen molar-refractivity contribution in [1.82, 2.24) is 0 Å². The quantitative estimate of drug-likeness (QED) is 0.246. The van der Waals surface area contributed by atoms with Crippen LogP contribution >= 0.6 is 0 Å². The smallest absolute Gasteiger partial charge is 0.344 e. The van der Waals surface area contributed by atoms with E-state index in [-0.39, 0.29) is 12.8 Å². The summed E-state index contributed by atoms with van der Waals surface area (Å²) in [5.74, 6) is -4.05. The van der Waals surface area contributed by atoms with Crippen LogP contribution < -0.4 is 5.73 Å². The number of esters is 3. The topological polar surface area (TPSA) is 172 Å². The summed E-state index contributed by atoms with van der Waals surface area (Å²) in [6.45, 7) is 15.4. The minimum absolute atomic E-state index is 0.236. The summed E-state index contributed by atoms with van der Waals surface area (Å²) in [6, 6.07) is 0. The summed E-state index contributed by atoms with van der Waals surface area (Å²) in [5.41, 5.74) is -3.50. The molecule has 0 radical (unpaired) electrons. The highest BCUT2D eigenvalue weighted by molar-refractivity contribution is 5.92. The highest BCUT2D eigenvalue weighted by Gasteiger charge is 2.82. The van der Waals surface area contributed by atoms with Crippen molar-refractivity contribution in [2.24, 2.45) is 22.5 Å². The van der Waals surface area contributed by atoms with Gasteiger partial charge in [-0.05, 0) is 46.0 Å². The molecule has 2 aliphatic carbocycles. The molecule has 3 rings (SSSR count). The molecular formula is C28H43NO10.